The van der Waals surface area contributed by atoms with Gasteiger partial charge in [-0.15, -0.1) is 0 Å². The second-order valence-electron chi connectivity index (χ2n) is 9.07. The number of aromatic nitrogens is 1. The average Bonchev–Trinajstić information content (AvgIpc) is 2.67. The molecule has 4 aliphatic carbocycles. The summed E-state index contributed by atoms with van der Waals surface area (Å²) < 4.78 is 0. The van der Waals surface area contributed by atoms with E-state index in [4.69, 9.17) is 0 Å². The fourth-order valence-corrected chi connectivity index (χ4v) is 5.91. The van der Waals surface area contributed by atoms with E-state index in [1.165, 1.54) is 19.3 Å². The summed E-state index contributed by atoms with van der Waals surface area (Å²) in [6, 6.07) is 5.28. The highest BCUT2D eigenvalue weighted by Gasteiger charge is 2.54. The monoisotopic (exact) mass is 398 g/mol. The molecule has 3 N–H and O–H groups in total. The summed E-state index contributed by atoms with van der Waals surface area (Å²) in [4.78, 5) is 40.7. The third-order valence-electron chi connectivity index (χ3n) is 6.76. The van der Waals surface area contributed by atoms with Crippen LogP contribution in [0.15, 0.2) is 24.4 Å². The molecular formula is C22H30N4O3. The minimum atomic E-state index is -0.195. The molecule has 4 bridgehead atoms. The van der Waals surface area contributed by atoms with Gasteiger partial charge >= 0.3 is 0 Å². The van der Waals surface area contributed by atoms with E-state index in [2.05, 4.69) is 20.9 Å². The summed E-state index contributed by atoms with van der Waals surface area (Å²) >= 11 is 0. The van der Waals surface area contributed by atoms with E-state index in [0.29, 0.717) is 12.4 Å². The number of carbonyl (C=O) groups is 3. The van der Waals surface area contributed by atoms with Gasteiger partial charge in [-0.2, -0.15) is 0 Å². The molecule has 0 atom stereocenters. The largest absolute Gasteiger partial charge is 0.356 e. The zero-order valence-electron chi connectivity index (χ0n) is 16.8. The Morgan fingerprint density at radius 3 is 2.14 bits per heavy atom. The summed E-state index contributed by atoms with van der Waals surface area (Å²) in [6.45, 7) is 0.618. The normalized spacial score (nSPS) is 29.3. The predicted molar refractivity (Wildman–Crippen MR) is 109 cm³/mol. The van der Waals surface area contributed by atoms with Gasteiger partial charge < -0.3 is 16.0 Å². The summed E-state index contributed by atoms with van der Waals surface area (Å²) in [5.41, 5.74) is -0.172. The number of hydrogen-bond acceptors (Lipinski definition) is 4. The van der Waals surface area contributed by atoms with Crippen LogP contribution in [0.2, 0.25) is 0 Å². The van der Waals surface area contributed by atoms with Crippen molar-refractivity contribution in [3.63, 3.8) is 0 Å². The molecule has 156 valence electrons. The van der Waals surface area contributed by atoms with Gasteiger partial charge in [-0.25, -0.2) is 4.98 Å². The van der Waals surface area contributed by atoms with Crippen LogP contribution in [-0.2, 0) is 14.4 Å². The topological polar surface area (TPSA) is 100 Å². The number of carbonyl (C=O) groups excluding carboxylic acids is 3. The Kier molecular flexibility index (Phi) is 5.83. The van der Waals surface area contributed by atoms with E-state index in [9.17, 15) is 14.4 Å². The molecule has 4 aliphatic rings. The molecule has 1 aromatic heterocycles. The first-order chi connectivity index (χ1) is 14.0. The van der Waals surface area contributed by atoms with Crippen molar-refractivity contribution < 1.29 is 14.4 Å². The van der Waals surface area contributed by atoms with Crippen molar-refractivity contribution in [2.75, 3.05) is 18.4 Å². The van der Waals surface area contributed by atoms with Crippen LogP contribution in [0.25, 0.3) is 0 Å². The Balaban J connectivity index is 1.13. The van der Waals surface area contributed by atoms with Crippen LogP contribution in [0.1, 0.15) is 51.4 Å². The maximum atomic E-state index is 12.9. The highest BCUT2D eigenvalue weighted by atomic mass is 16.2. The quantitative estimate of drug-likeness (QED) is 0.625. The van der Waals surface area contributed by atoms with E-state index in [1.807, 2.05) is 0 Å². The summed E-state index contributed by atoms with van der Waals surface area (Å²) in [5.74, 6) is 2.49. The number of rotatable bonds is 8. The molecule has 0 radical (unpaired) electrons. The van der Waals surface area contributed by atoms with Gasteiger partial charge in [0.15, 0.2) is 0 Å². The number of pyridine rings is 1. The smallest absolute Gasteiger partial charge is 0.227 e. The van der Waals surface area contributed by atoms with Crippen molar-refractivity contribution in [3.05, 3.63) is 24.4 Å². The molecule has 1 aromatic rings. The van der Waals surface area contributed by atoms with E-state index in [1.54, 1.807) is 24.4 Å². The van der Waals surface area contributed by atoms with Gasteiger partial charge in [0.2, 0.25) is 17.7 Å². The van der Waals surface area contributed by atoms with Gasteiger partial charge in [-0.05, 0) is 68.4 Å². The lowest BCUT2D eigenvalue weighted by molar-refractivity contribution is -0.146. The van der Waals surface area contributed by atoms with Gasteiger partial charge in [-0.3, -0.25) is 14.4 Å². The van der Waals surface area contributed by atoms with Crippen LogP contribution < -0.4 is 16.0 Å². The lowest BCUT2D eigenvalue weighted by Gasteiger charge is -2.55. The van der Waals surface area contributed by atoms with Gasteiger partial charge in [-0.1, -0.05) is 6.07 Å². The van der Waals surface area contributed by atoms with Crippen molar-refractivity contribution in [2.24, 2.45) is 23.2 Å². The molecule has 0 unspecified atom stereocenters. The Morgan fingerprint density at radius 2 is 1.52 bits per heavy atom. The standard InChI is InChI=1S/C22H30N4O3/c27-19(24-7-5-20(28)26-18-3-1-2-6-23-18)4-8-25-21(29)22-12-15-9-16(13-22)11-17(10-15)14-22/h1-3,6,15-17H,4-5,7-14H2,(H,24,27)(H,25,29)(H,23,26,28). The van der Waals surface area contributed by atoms with E-state index in [-0.39, 0.29) is 42.5 Å². The highest BCUT2D eigenvalue weighted by molar-refractivity contribution is 5.90. The first kappa shape index (κ1) is 19.9. The Hall–Kier alpha value is -2.44. The second-order valence-corrected chi connectivity index (χ2v) is 9.07. The van der Waals surface area contributed by atoms with E-state index < -0.39 is 0 Å². The molecular weight excluding hydrogens is 368 g/mol. The summed E-state index contributed by atoms with van der Waals surface area (Å²) in [5, 5.41) is 8.43. The van der Waals surface area contributed by atoms with Crippen LogP contribution in [0, 0.1) is 23.2 Å². The lowest BCUT2D eigenvalue weighted by atomic mass is 9.49. The van der Waals surface area contributed by atoms with Crippen molar-refractivity contribution in [1.82, 2.24) is 15.6 Å². The molecule has 4 fully saturated rings. The van der Waals surface area contributed by atoms with E-state index in [0.717, 1.165) is 37.0 Å². The number of hydrogen-bond donors (Lipinski definition) is 3. The maximum Gasteiger partial charge on any atom is 0.227 e. The first-order valence-corrected chi connectivity index (χ1v) is 10.8. The third kappa shape index (κ3) is 4.77. The predicted octanol–water partition coefficient (Wildman–Crippen LogP) is 2.25. The minimum absolute atomic E-state index is 0.151. The van der Waals surface area contributed by atoms with Crippen LogP contribution >= 0.6 is 0 Å². The molecule has 0 spiro atoms. The van der Waals surface area contributed by atoms with Gasteiger partial charge in [0, 0.05) is 37.5 Å². The molecule has 3 amide bonds. The zero-order valence-corrected chi connectivity index (χ0v) is 16.8. The van der Waals surface area contributed by atoms with Crippen molar-refractivity contribution in [3.8, 4) is 0 Å². The minimum Gasteiger partial charge on any atom is -0.356 e. The van der Waals surface area contributed by atoms with Crippen LogP contribution in [0.5, 0.6) is 0 Å². The van der Waals surface area contributed by atoms with Gasteiger partial charge in [0.25, 0.3) is 0 Å². The number of nitrogens with zero attached hydrogens (tertiary/aromatic N) is 1. The average molecular weight is 399 g/mol. The van der Waals surface area contributed by atoms with Crippen LogP contribution in [0.4, 0.5) is 5.82 Å². The van der Waals surface area contributed by atoms with Gasteiger partial charge in [0.05, 0.1) is 0 Å². The number of amides is 3. The fourth-order valence-electron chi connectivity index (χ4n) is 5.91. The molecule has 29 heavy (non-hydrogen) atoms. The summed E-state index contributed by atoms with van der Waals surface area (Å²) in [7, 11) is 0. The molecule has 5 rings (SSSR count). The summed E-state index contributed by atoms with van der Waals surface area (Å²) in [6.07, 6.45) is 9.04. The second kappa shape index (κ2) is 8.51. The number of anilines is 1. The van der Waals surface area contributed by atoms with E-state index >= 15 is 0 Å². The zero-order chi connectivity index (χ0) is 20.3. The van der Waals surface area contributed by atoms with Crippen molar-refractivity contribution in [1.29, 1.82) is 0 Å². The lowest BCUT2D eigenvalue weighted by Crippen LogP contribution is -2.53. The molecule has 0 saturated heterocycles. The first-order valence-electron chi connectivity index (χ1n) is 10.8. The van der Waals surface area contributed by atoms with Gasteiger partial charge in [0.1, 0.15) is 5.82 Å². The maximum absolute atomic E-state index is 12.9. The molecule has 7 heteroatoms. The van der Waals surface area contributed by atoms with Crippen LogP contribution in [0.3, 0.4) is 0 Å². The highest BCUT2D eigenvalue weighted by Crippen LogP contribution is 2.60. The Labute approximate surface area is 171 Å². The molecule has 1 heterocycles. The van der Waals surface area contributed by atoms with Crippen molar-refractivity contribution >= 4 is 23.5 Å². The fraction of sp³-hybridized carbons (Fsp3) is 0.636. The molecule has 7 nitrogen and oxygen atoms in total. The molecule has 0 aromatic carbocycles. The molecule has 0 aliphatic heterocycles. The Bertz CT molecular complexity index is 729. The Morgan fingerprint density at radius 1 is 0.897 bits per heavy atom. The SMILES string of the molecule is O=C(CCNC(=O)C12CC3CC(CC(C3)C1)C2)NCCC(=O)Nc1ccccn1. The van der Waals surface area contributed by atoms with Crippen LogP contribution in [-0.4, -0.2) is 35.8 Å². The van der Waals surface area contributed by atoms with Crippen molar-refractivity contribution in [2.45, 2.75) is 51.4 Å². The molecule has 4 saturated carbocycles. The third-order valence-corrected chi connectivity index (χ3v) is 6.76. The number of nitrogens with one attached hydrogen (secondary N) is 3.